The second-order valence-corrected chi connectivity index (χ2v) is 10.4. The molecule has 1 saturated carbocycles. The van der Waals surface area contributed by atoms with Crippen LogP contribution in [-0.2, 0) is 30.2 Å². The first-order valence-corrected chi connectivity index (χ1v) is 12.7. The molecule has 0 unspecified atom stereocenters. The number of benzene rings is 1. The van der Waals surface area contributed by atoms with Gasteiger partial charge in [-0.2, -0.15) is 0 Å². The molecule has 1 aromatic rings. The number of allylic oxidation sites excluding steroid dienone is 1. The highest BCUT2D eigenvalue weighted by Crippen LogP contribution is 2.59. The van der Waals surface area contributed by atoms with E-state index in [2.05, 4.69) is 26.8 Å². The Labute approximate surface area is 214 Å². The van der Waals surface area contributed by atoms with Crippen LogP contribution in [0.25, 0.3) is 0 Å². The summed E-state index contributed by atoms with van der Waals surface area (Å²) in [6, 6.07) is 3.71. The largest absolute Gasteiger partial charge is 0.493 e. The van der Waals surface area contributed by atoms with Crippen molar-refractivity contribution in [2.75, 3.05) is 35.0 Å². The molecule has 0 radical (unpaired) electrons. The number of esters is 1. The SMILES string of the molecule is COc1cc(CCC(=O)O[C@@H]2CC[C@]3(CO3)[C@@H]([C@@]3(C)O[C@@H]3CC=C(C)C)[C@@H]2OC)cc(OC)c1OC. The molecular formula is C28H40O8. The standard InChI is InChI=1S/C28H40O8/c1-17(2)8-10-22-27(3,36-22)26-25(33-7)19(12-13-28(26)16-34-28)35-23(29)11-9-18-14-20(30-4)24(32-6)21(15-18)31-5/h8,14-15,19,22,25-26H,9-13,16H2,1-7H3/t19-,22-,25-,26-,27+,28+/m1/s1. The zero-order chi connectivity index (χ0) is 26.1. The highest BCUT2D eigenvalue weighted by Gasteiger charge is 2.72. The second kappa shape index (κ2) is 10.6. The van der Waals surface area contributed by atoms with Gasteiger partial charge in [0.05, 0.1) is 40.0 Å². The van der Waals surface area contributed by atoms with E-state index in [9.17, 15) is 4.79 Å². The normalized spacial score (nSPS) is 32.5. The van der Waals surface area contributed by atoms with Gasteiger partial charge in [0.15, 0.2) is 11.5 Å². The highest BCUT2D eigenvalue weighted by molar-refractivity contribution is 5.70. The predicted octanol–water partition coefficient (Wildman–Crippen LogP) is 4.26. The maximum absolute atomic E-state index is 12.9. The summed E-state index contributed by atoms with van der Waals surface area (Å²) >= 11 is 0. The lowest BCUT2D eigenvalue weighted by Gasteiger charge is -2.42. The zero-order valence-electron chi connectivity index (χ0n) is 22.6. The Hall–Kier alpha value is -2.29. The minimum Gasteiger partial charge on any atom is -0.493 e. The first kappa shape index (κ1) is 26.8. The number of hydrogen-bond donors (Lipinski definition) is 0. The molecule has 0 amide bonds. The zero-order valence-corrected chi connectivity index (χ0v) is 22.6. The lowest BCUT2D eigenvalue weighted by molar-refractivity contribution is -0.171. The Morgan fingerprint density at radius 2 is 1.78 bits per heavy atom. The van der Waals surface area contributed by atoms with E-state index in [0.29, 0.717) is 36.7 Å². The Bertz CT molecular complexity index is 955. The minimum absolute atomic E-state index is 0.00669. The van der Waals surface area contributed by atoms with E-state index in [1.165, 1.54) is 5.57 Å². The number of ether oxygens (including phenoxy) is 7. The van der Waals surface area contributed by atoms with Gasteiger partial charge >= 0.3 is 5.97 Å². The van der Waals surface area contributed by atoms with Gasteiger partial charge in [0, 0.05) is 13.5 Å². The number of carbonyl (C=O) groups excluding carboxylic acids is 1. The first-order valence-electron chi connectivity index (χ1n) is 12.7. The Kier molecular flexibility index (Phi) is 7.88. The number of aryl methyl sites for hydroxylation is 1. The van der Waals surface area contributed by atoms with Crippen LogP contribution < -0.4 is 14.2 Å². The quantitative estimate of drug-likeness (QED) is 0.251. The predicted molar refractivity (Wildman–Crippen MR) is 134 cm³/mol. The molecular weight excluding hydrogens is 464 g/mol. The molecule has 2 aliphatic heterocycles. The van der Waals surface area contributed by atoms with Crippen LogP contribution in [0.1, 0.15) is 52.0 Å². The molecule has 2 heterocycles. The Morgan fingerprint density at radius 1 is 1.11 bits per heavy atom. The third kappa shape index (κ3) is 5.22. The first-order chi connectivity index (χ1) is 17.2. The maximum atomic E-state index is 12.9. The maximum Gasteiger partial charge on any atom is 0.306 e. The van der Waals surface area contributed by atoms with Crippen molar-refractivity contribution in [3.8, 4) is 17.2 Å². The third-order valence-electron chi connectivity index (χ3n) is 7.86. The molecule has 0 N–H and O–H groups in total. The van der Waals surface area contributed by atoms with Crippen molar-refractivity contribution in [3.63, 3.8) is 0 Å². The molecule has 36 heavy (non-hydrogen) atoms. The summed E-state index contributed by atoms with van der Waals surface area (Å²) in [4.78, 5) is 12.9. The molecule has 1 spiro atoms. The molecule has 3 aliphatic rings. The van der Waals surface area contributed by atoms with E-state index in [1.807, 2.05) is 12.1 Å². The van der Waals surface area contributed by atoms with Gasteiger partial charge in [0.25, 0.3) is 0 Å². The van der Waals surface area contributed by atoms with E-state index >= 15 is 0 Å². The van der Waals surface area contributed by atoms with Crippen LogP contribution in [0.5, 0.6) is 17.2 Å². The number of hydrogen-bond acceptors (Lipinski definition) is 8. The smallest absolute Gasteiger partial charge is 0.306 e. The summed E-state index contributed by atoms with van der Waals surface area (Å²) in [5.74, 6) is 1.39. The van der Waals surface area contributed by atoms with Gasteiger partial charge in [-0.15, -0.1) is 0 Å². The van der Waals surface area contributed by atoms with E-state index in [1.54, 1.807) is 28.4 Å². The molecule has 0 bridgehead atoms. The molecule has 6 atom stereocenters. The van der Waals surface area contributed by atoms with Crippen molar-refractivity contribution in [1.29, 1.82) is 0 Å². The van der Waals surface area contributed by atoms with Gasteiger partial charge in [-0.3, -0.25) is 4.79 Å². The number of carbonyl (C=O) groups is 1. The van der Waals surface area contributed by atoms with Crippen LogP contribution in [0.3, 0.4) is 0 Å². The van der Waals surface area contributed by atoms with E-state index in [-0.39, 0.29) is 47.8 Å². The van der Waals surface area contributed by atoms with Crippen molar-refractivity contribution in [2.24, 2.45) is 5.92 Å². The van der Waals surface area contributed by atoms with Gasteiger partial charge in [-0.05, 0) is 64.2 Å². The summed E-state index contributed by atoms with van der Waals surface area (Å²) in [5, 5.41) is 0. The van der Waals surface area contributed by atoms with Gasteiger partial charge in [0.1, 0.15) is 23.4 Å². The summed E-state index contributed by atoms with van der Waals surface area (Å²) in [6.45, 7) is 7.04. The van der Waals surface area contributed by atoms with E-state index in [4.69, 9.17) is 33.2 Å². The molecule has 0 aromatic heterocycles. The van der Waals surface area contributed by atoms with Crippen LogP contribution in [-0.4, -0.2) is 70.5 Å². The average Bonchev–Trinajstić information content (AvgIpc) is 3.78. The topological polar surface area (TPSA) is 88.3 Å². The molecule has 200 valence electrons. The van der Waals surface area contributed by atoms with Crippen LogP contribution in [0.2, 0.25) is 0 Å². The minimum atomic E-state index is -0.357. The summed E-state index contributed by atoms with van der Waals surface area (Å²) in [6.07, 6.45) is 4.82. The third-order valence-corrected chi connectivity index (χ3v) is 7.86. The van der Waals surface area contributed by atoms with Crippen molar-refractivity contribution < 1.29 is 38.0 Å². The van der Waals surface area contributed by atoms with Gasteiger partial charge in [0.2, 0.25) is 5.75 Å². The lowest BCUT2D eigenvalue weighted by atomic mass is 9.68. The average molecular weight is 505 g/mol. The molecule has 1 aliphatic carbocycles. The molecule has 4 rings (SSSR count). The van der Waals surface area contributed by atoms with E-state index in [0.717, 1.165) is 18.4 Å². The van der Waals surface area contributed by atoms with Crippen LogP contribution in [0.4, 0.5) is 0 Å². The van der Waals surface area contributed by atoms with Crippen molar-refractivity contribution >= 4 is 5.97 Å². The number of methoxy groups -OCH3 is 4. The summed E-state index contributed by atoms with van der Waals surface area (Å²) in [7, 11) is 6.40. The second-order valence-electron chi connectivity index (χ2n) is 10.4. The monoisotopic (exact) mass is 504 g/mol. The fourth-order valence-corrected chi connectivity index (χ4v) is 5.82. The van der Waals surface area contributed by atoms with Crippen molar-refractivity contribution in [2.45, 2.75) is 82.4 Å². The van der Waals surface area contributed by atoms with Crippen molar-refractivity contribution in [1.82, 2.24) is 0 Å². The number of rotatable bonds is 11. The number of epoxide rings is 2. The Balaban J connectivity index is 1.42. The van der Waals surface area contributed by atoms with Gasteiger partial charge < -0.3 is 33.2 Å². The molecule has 3 fully saturated rings. The van der Waals surface area contributed by atoms with Gasteiger partial charge in [-0.1, -0.05) is 11.6 Å². The Morgan fingerprint density at radius 3 is 2.31 bits per heavy atom. The lowest BCUT2D eigenvalue weighted by Crippen LogP contribution is -2.55. The van der Waals surface area contributed by atoms with Gasteiger partial charge in [-0.25, -0.2) is 0 Å². The fraction of sp³-hybridized carbons (Fsp3) is 0.679. The fourth-order valence-electron chi connectivity index (χ4n) is 5.82. The summed E-state index contributed by atoms with van der Waals surface area (Å²) in [5.41, 5.74) is 1.58. The molecule has 1 aromatic carbocycles. The van der Waals surface area contributed by atoms with Crippen LogP contribution >= 0.6 is 0 Å². The highest BCUT2D eigenvalue weighted by atomic mass is 16.6. The molecule has 8 heteroatoms. The molecule has 8 nitrogen and oxygen atoms in total. The van der Waals surface area contributed by atoms with Crippen LogP contribution in [0, 0.1) is 5.92 Å². The van der Waals surface area contributed by atoms with E-state index < -0.39 is 0 Å². The summed E-state index contributed by atoms with van der Waals surface area (Å²) < 4.78 is 40.5. The van der Waals surface area contributed by atoms with Crippen molar-refractivity contribution in [3.05, 3.63) is 29.3 Å². The molecule has 2 saturated heterocycles. The van der Waals surface area contributed by atoms with Crippen LogP contribution in [0.15, 0.2) is 23.8 Å².